The first-order chi connectivity index (χ1) is 11.4. The molecular formula is C19H38N4O. The van der Waals surface area contributed by atoms with Gasteiger partial charge in [0.2, 0.25) is 0 Å². The molecule has 140 valence electrons. The topological polar surface area (TPSA) is 48.9 Å². The van der Waals surface area contributed by atoms with Crippen molar-refractivity contribution in [2.75, 3.05) is 33.3 Å². The molecular weight excluding hydrogens is 300 g/mol. The van der Waals surface area contributed by atoms with E-state index in [0.717, 1.165) is 18.9 Å². The van der Waals surface area contributed by atoms with Crippen LogP contribution < -0.4 is 10.6 Å². The molecule has 2 N–H and O–H groups in total. The van der Waals surface area contributed by atoms with Gasteiger partial charge in [-0.05, 0) is 46.1 Å². The monoisotopic (exact) mass is 338 g/mol. The van der Waals surface area contributed by atoms with Gasteiger partial charge in [-0.25, -0.2) is 0 Å². The summed E-state index contributed by atoms with van der Waals surface area (Å²) < 4.78 is 5.74. The number of hydrogen-bond donors (Lipinski definition) is 2. The molecule has 2 atom stereocenters. The number of nitrogens with zero attached hydrogens (tertiary/aromatic N) is 2. The minimum atomic E-state index is -0.0481. The van der Waals surface area contributed by atoms with Gasteiger partial charge in [0, 0.05) is 44.2 Å². The fourth-order valence-corrected chi connectivity index (χ4v) is 3.99. The van der Waals surface area contributed by atoms with Gasteiger partial charge in [-0.3, -0.25) is 4.99 Å². The lowest BCUT2D eigenvalue weighted by molar-refractivity contribution is -0.176. The third-order valence-corrected chi connectivity index (χ3v) is 6.37. The average Bonchev–Trinajstić information content (AvgIpc) is 2.56. The summed E-state index contributed by atoms with van der Waals surface area (Å²) in [7, 11) is 1.82. The molecule has 1 aliphatic heterocycles. The van der Waals surface area contributed by atoms with Crippen LogP contribution in [0, 0.1) is 5.41 Å². The van der Waals surface area contributed by atoms with E-state index in [1.807, 2.05) is 7.11 Å². The van der Waals surface area contributed by atoms with E-state index in [4.69, 9.17) is 4.74 Å². The van der Waals surface area contributed by atoms with Crippen LogP contribution >= 0.6 is 0 Å². The Labute approximate surface area is 148 Å². The molecule has 1 saturated heterocycles. The molecule has 5 nitrogen and oxygen atoms in total. The molecule has 0 bridgehead atoms. The van der Waals surface area contributed by atoms with Crippen molar-refractivity contribution in [1.29, 1.82) is 0 Å². The van der Waals surface area contributed by atoms with Gasteiger partial charge in [-0.15, -0.1) is 0 Å². The lowest BCUT2D eigenvalue weighted by atomic mass is 9.56. The van der Waals surface area contributed by atoms with E-state index in [9.17, 15) is 0 Å². The number of nitrogens with one attached hydrogen (secondary N) is 2. The third-order valence-electron chi connectivity index (χ3n) is 6.37. The summed E-state index contributed by atoms with van der Waals surface area (Å²) in [6.45, 7) is 15.6. The van der Waals surface area contributed by atoms with Crippen molar-refractivity contribution in [2.24, 2.45) is 10.4 Å². The normalized spacial score (nSPS) is 31.6. The molecule has 2 fully saturated rings. The van der Waals surface area contributed by atoms with E-state index in [0.29, 0.717) is 12.1 Å². The van der Waals surface area contributed by atoms with Gasteiger partial charge in [0.15, 0.2) is 5.96 Å². The van der Waals surface area contributed by atoms with E-state index in [2.05, 4.69) is 55.1 Å². The van der Waals surface area contributed by atoms with Crippen LogP contribution in [0.3, 0.4) is 0 Å². The number of hydrogen-bond acceptors (Lipinski definition) is 3. The van der Waals surface area contributed by atoms with E-state index < -0.39 is 0 Å². The molecule has 0 amide bonds. The minimum Gasteiger partial charge on any atom is -0.378 e. The molecule has 0 spiro atoms. The first-order valence-electron chi connectivity index (χ1n) is 9.71. The van der Waals surface area contributed by atoms with Crippen LogP contribution in [-0.2, 0) is 4.74 Å². The lowest BCUT2D eigenvalue weighted by Crippen LogP contribution is -2.70. The largest absolute Gasteiger partial charge is 0.378 e. The maximum absolute atomic E-state index is 5.74. The SMILES string of the molecule is CCCN1CCC(NC(=NCC)NC2CC(C)(OC)C2(C)C)CC1. The number of aliphatic imine (C=N–C) groups is 1. The molecule has 2 unspecified atom stereocenters. The Bertz CT molecular complexity index is 429. The van der Waals surface area contributed by atoms with E-state index in [1.165, 1.54) is 38.9 Å². The van der Waals surface area contributed by atoms with E-state index >= 15 is 0 Å². The molecule has 2 aliphatic rings. The molecule has 0 aromatic carbocycles. The summed E-state index contributed by atoms with van der Waals surface area (Å²) in [6, 6.07) is 0.938. The van der Waals surface area contributed by atoms with Crippen molar-refractivity contribution in [3.63, 3.8) is 0 Å². The summed E-state index contributed by atoms with van der Waals surface area (Å²) in [5, 5.41) is 7.34. The Morgan fingerprint density at radius 2 is 1.83 bits per heavy atom. The Hall–Kier alpha value is -0.810. The van der Waals surface area contributed by atoms with Crippen LogP contribution in [-0.4, -0.2) is 61.8 Å². The fourth-order valence-electron chi connectivity index (χ4n) is 3.99. The zero-order valence-corrected chi connectivity index (χ0v) is 16.6. The van der Waals surface area contributed by atoms with Crippen LogP contribution in [0.4, 0.5) is 0 Å². The highest BCUT2D eigenvalue weighted by molar-refractivity contribution is 5.80. The van der Waals surface area contributed by atoms with Gasteiger partial charge < -0.3 is 20.3 Å². The predicted molar refractivity (Wildman–Crippen MR) is 102 cm³/mol. The Morgan fingerprint density at radius 1 is 1.17 bits per heavy atom. The van der Waals surface area contributed by atoms with Crippen LogP contribution in [0.1, 0.15) is 60.3 Å². The quantitative estimate of drug-likeness (QED) is 0.577. The van der Waals surface area contributed by atoms with Crippen LogP contribution in [0.15, 0.2) is 4.99 Å². The summed E-state index contributed by atoms with van der Waals surface area (Å²) in [6.07, 6.45) is 4.68. The molecule has 1 saturated carbocycles. The maximum atomic E-state index is 5.74. The van der Waals surface area contributed by atoms with Crippen molar-refractivity contribution in [3.05, 3.63) is 0 Å². The second-order valence-electron chi connectivity index (χ2n) is 8.14. The highest BCUT2D eigenvalue weighted by Gasteiger charge is 2.58. The number of ether oxygens (including phenoxy) is 1. The zero-order chi connectivity index (χ0) is 17.8. The average molecular weight is 339 g/mol. The molecule has 1 aliphatic carbocycles. The van der Waals surface area contributed by atoms with Gasteiger partial charge in [0.1, 0.15) is 0 Å². The molecule has 5 heteroatoms. The fraction of sp³-hybridized carbons (Fsp3) is 0.947. The number of rotatable bonds is 6. The van der Waals surface area contributed by atoms with Crippen molar-refractivity contribution in [3.8, 4) is 0 Å². The molecule has 0 aromatic heterocycles. The number of likely N-dealkylation sites (tertiary alicyclic amines) is 1. The van der Waals surface area contributed by atoms with Crippen molar-refractivity contribution in [2.45, 2.75) is 78.0 Å². The number of guanidine groups is 1. The molecule has 0 aromatic rings. The predicted octanol–water partition coefficient (Wildman–Crippen LogP) is 2.62. The maximum Gasteiger partial charge on any atom is 0.191 e. The molecule has 2 rings (SSSR count). The Morgan fingerprint density at radius 3 is 2.33 bits per heavy atom. The van der Waals surface area contributed by atoms with Crippen LogP contribution in [0.2, 0.25) is 0 Å². The van der Waals surface area contributed by atoms with E-state index in [1.54, 1.807) is 0 Å². The van der Waals surface area contributed by atoms with Crippen molar-refractivity contribution >= 4 is 5.96 Å². The summed E-state index contributed by atoms with van der Waals surface area (Å²) in [5.74, 6) is 0.975. The summed E-state index contributed by atoms with van der Waals surface area (Å²) in [5.41, 5.74) is 0.0515. The summed E-state index contributed by atoms with van der Waals surface area (Å²) >= 11 is 0. The Kier molecular flexibility index (Phi) is 6.54. The molecule has 0 radical (unpaired) electrons. The van der Waals surface area contributed by atoms with Gasteiger partial charge in [-0.2, -0.15) is 0 Å². The second kappa shape index (κ2) is 8.05. The Balaban J connectivity index is 1.87. The van der Waals surface area contributed by atoms with Crippen LogP contribution in [0.5, 0.6) is 0 Å². The second-order valence-corrected chi connectivity index (χ2v) is 8.14. The van der Waals surface area contributed by atoms with E-state index in [-0.39, 0.29) is 11.0 Å². The first kappa shape index (κ1) is 19.5. The van der Waals surface area contributed by atoms with Gasteiger partial charge in [0.05, 0.1) is 5.60 Å². The highest BCUT2D eigenvalue weighted by atomic mass is 16.5. The number of methoxy groups -OCH3 is 1. The standard InChI is InChI=1S/C19H38N4O/c1-7-11-23-12-9-15(10-13-23)21-17(20-8-2)22-16-14-19(5,24-6)18(16,3)4/h15-16H,7-14H2,1-6H3,(H2,20,21,22). The highest BCUT2D eigenvalue weighted by Crippen LogP contribution is 2.51. The lowest BCUT2D eigenvalue weighted by Gasteiger charge is -2.59. The molecule has 1 heterocycles. The van der Waals surface area contributed by atoms with Gasteiger partial charge in [-0.1, -0.05) is 20.8 Å². The summed E-state index contributed by atoms with van der Waals surface area (Å²) in [4.78, 5) is 7.25. The number of piperidine rings is 1. The third kappa shape index (κ3) is 4.05. The van der Waals surface area contributed by atoms with Crippen molar-refractivity contribution < 1.29 is 4.74 Å². The van der Waals surface area contributed by atoms with Crippen LogP contribution in [0.25, 0.3) is 0 Å². The smallest absolute Gasteiger partial charge is 0.191 e. The van der Waals surface area contributed by atoms with Gasteiger partial charge in [0.25, 0.3) is 0 Å². The van der Waals surface area contributed by atoms with Crippen molar-refractivity contribution in [1.82, 2.24) is 15.5 Å². The minimum absolute atomic E-state index is 0.0481. The zero-order valence-electron chi connectivity index (χ0n) is 16.6. The first-order valence-corrected chi connectivity index (χ1v) is 9.71. The molecule has 24 heavy (non-hydrogen) atoms. The van der Waals surface area contributed by atoms with Gasteiger partial charge >= 0.3 is 0 Å².